The molecule has 0 aromatic carbocycles. The van der Waals surface area contributed by atoms with E-state index in [0.717, 1.165) is 12.1 Å². The molecule has 6 nitrogen and oxygen atoms in total. The van der Waals surface area contributed by atoms with Crippen molar-refractivity contribution in [3.8, 4) is 5.75 Å². The summed E-state index contributed by atoms with van der Waals surface area (Å²) >= 11 is 0. The molecule has 0 saturated heterocycles. The Morgan fingerprint density at radius 3 is 2.89 bits per heavy atom. The minimum atomic E-state index is -0.280. The Balaban J connectivity index is 2.10. The van der Waals surface area contributed by atoms with E-state index in [-0.39, 0.29) is 11.3 Å². The Hall–Kier alpha value is -2.37. The maximum Gasteiger partial charge on any atom is 0.295 e. The van der Waals surface area contributed by atoms with Crippen molar-refractivity contribution in [3.63, 3.8) is 0 Å². The number of hydrogen-bond acceptors (Lipinski definition) is 5. The summed E-state index contributed by atoms with van der Waals surface area (Å²) in [6.07, 6.45) is 3.91. The molecule has 6 heteroatoms. The van der Waals surface area contributed by atoms with E-state index >= 15 is 0 Å². The van der Waals surface area contributed by atoms with Gasteiger partial charge < -0.3 is 14.6 Å². The second-order valence-corrected chi connectivity index (χ2v) is 4.08. The molecule has 1 N–H and O–H groups in total. The van der Waals surface area contributed by atoms with Gasteiger partial charge >= 0.3 is 0 Å². The molecule has 19 heavy (non-hydrogen) atoms. The number of methoxy groups -OCH3 is 1. The number of pyridine rings is 1. The van der Waals surface area contributed by atoms with Crippen LogP contribution in [0.2, 0.25) is 0 Å². The van der Waals surface area contributed by atoms with Crippen molar-refractivity contribution < 1.29 is 4.74 Å². The number of nitrogens with one attached hydrogen (secondary N) is 1. The SMILES string of the molecule is COc1c(N(C)CCc2ccccn2)nc[nH]c1=O. The highest BCUT2D eigenvalue weighted by Crippen LogP contribution is 2.18. The van der Waals surface area contributed by atoms with Crippen molar-refractivity contribution in [2.24, 2.45) is 0 Å². The van der Waals surface area contributed by atoms with Crippen LogP contribution in [-0.2, 0) is 6.42 Å². The third kappa shape index (κ3) is 3.09. The van der Waals surface area contributed by atoms with Gasteiger partial charge in [0.05, 0.1) is 13.4 Å². The van der Waals surface area contributed by atoms with Gasteiger partial charge in [-0.2, -0.15) is 0 Å². The Morgan fingerprint density at radius 1 is 1.37 bits per heavy atom. The van der Waals surface area contributed by atoms with Crippen molar-refractivity contribution in [3.05, 3.63) is 46.8 Å². The number of hydrogen-bond donors (Lipinski definition) is 1. The molecule has 0 aliphatic rings. The van der Waals surface area contributed by atoms with Gasteiger partial charge in [0.15, 0.2) is 5.82 Å². The molecule has 0 aliphatic heterocycles. The van der Waals surface area contributed by atoms with Crippen LogP contribution in [0.4, 0.5) is 5.82 Å². The molecule has 0 amide bonds. The number of nitrogens with zero attached hydrogens (tertiary/aromatic N) is 3. The number of aromatic amines is 1. The van der Waals surface area contributed by atoms with Crippen LogP contribution in [0.15, 0.2) is 35.5 Å². The molecule has 0 aliphatic carbocycles. The van der Waals surface area contributed by atoms with E-state index in [1.165, 1.54) is 13.4 Å². The number of aromatic nitrogens is 3. The number of rotatable bonds is 5. The van der Waals surface area contributed by atoms with E-state index in [1.807, 2.05) is 30.1 Å². The topological polar surface area (TPSA) is 71.1 Å². The van der Waals surface area contributed by atoms with Gasteiger partial charge in [-0.25, -0.2) is 4.98 Å². The molecular weight excluding hydrogens is 244 g/mol. The summed E-state index contributed by atoms with van der Waals surface area (Å²) in [5, 5.41) is 0. The number of likely N-dealkylation sites (N-methyl/N-ethyl adjacent to an activating group) is 1. The molecule has 2 heterocycles. The van der Waals surface area contributed by atoms with Crippen LogP contribution in [0.1, 0.15) is 5.69 Å². The summed E-state index contributed by atoms with van der Waals surface area (Å²) < 4.78 is 5.09. The highest BCUT2D eigenvalue weighted by molar-refractivity contribution is 5.49. The molecular formula is C13H16N4O2. The first kappa shape index (κ1) is 13.1. The fraction of sp³-hybridized carbons (Fsp3) is 0.308. The summed E-state index contributed by atoms with van der Waals surface area (Å²) in [5.41, 5.74) is 0.718. The minimum absolute atomic E-state index is 0.228. The van der Waals surface area contributed by atoms with Crippen LogP contribution in [0.3, 0.4) is 0 Å². The molecule has 100 valence electrons. The molecule has 0 bridgehead atoms. The van der Waals surface area contributed by atoms with Crippen LogP contribution in [0.5, 0.6) is 5.75 Å². The van der Waals surface area contributed by atoms with Crippen molar-refractivity contribution in [1.82, 2.24) is 15.0 Å². The lowest BCUT2D eigenvalue weighted by atomic mass is 10.2. The molecule has 0 radical (unpaired) electrons. The third-order valence-corrected chi connectivity index (χ3v) is 2.79. The molecule has 2 rings (SSSR count). The van der Waals surface area contributed by atoms with E-state index in [0.29, 0.717) is 12.4 Å². The van der Waals surface area contributed by atoms with Crippen LogP contribution in [0, 0.1) is 0 Å². The zero-order chi connectivity index (χ0) is 13.7. The van der Waals surface area contributed by atoms with E-state index in [4.69, 9.17) is 4.74 Å². The largest absolute Gasteiger partial charge is 0.489 e. The lowest BCUT2D eigenvalue weighted by Gasteiger charge is -2.19. The predicted octanol–water partition coefficient (Wildman–Crippen LogP) is 0.852. The molecule has 0 unspecified atom stereocenters. The molecule has 0 fully saturated rings. The van der Waals surface area contributed by atoms with Gasteiger partial charge in [0.1, 0.15) is 0 Å². The van der Waals surface area contributed by atoms with E-state index in [9.17, 15) is 4.79 Å². The lowest BCUT2D eigenvalue weighted by Crippen LogP contribution is -2.25. The highest BCUT2D eigenvalue weighted by Gasteiger charge is 2.13. The van der Waals surface area contributed by atoms with Gasteiger partial charge in [-0.15, -0.1) is 0 Å². The standard InChI is InChI=1S/C13H16N4O2/c1-17(8-6-10-5-3-4-7-14-10)12-11(19-2)13(18)16-9-15-12/h3-5,7,9H,6,8H2,1-2H3,(H,15,16,18). The molecule has 2 aromatic rings. The Bertz CT molecular complexity index is 583. The van der Waals surface area contributed by atoms with Crippen molar-refractivity contribution in [2.45, 2.75) is 6.42 Å². The second kappa shape index (κ2) is 5.99. The van der Waals surface area contributed by atoms with Gasteiger partial charge in [-0.05, 0) is 12.1 Å². The van der Waals surface area contributed by atoms with Crippen molar-refractivity contribution >= 4 is 5.82 Å². The first-order valence-electron chi connectivity index (χ1n) is 5.95. The van der Waals surface area contributed by atoms with Crippen LogP contribution in [-0.4, -0.2) is 35.7 Å². The summed E-state index contributed by atoms with van der Waals surface area (Å²) in [6, 6.07) is 5.80. The Kier molecular flexibility index (Phi) is 4.12. The van der Waals surface area contributed by atoms with E-state index in [1.54, 1.807) is 6.20 Å². The molecule has 0 atom stereocenters. The van der Waals surface area contributed by atoms with Crippen LogP contribution < -0.4 is 15.2 Å². The van der Waals surface area contributed by atoms with Gasteiger partial charge in [0, 0.05) is 31.9 Å². The molecule has 0 saturated carbocycles. The summed E-state index contributed by atoms with van der Waals surface area (Å²) in [7, 11) is 3.33. The normalized spacial score (nSPS) is 10.2. The number of H-pyrrole nitrogens is 1. The summed E-state index contributed by atoms with van der Waals surface area (Å²) in [6.45, 7) is 0.698. The maximum absolute atomic E-state index is 11.6. The zero-order valence-corrected chi connectivity index (χ0v) is 11.0. The van der Waals surface area contributed by atoms with Crippen molar-refractivity contribution in [2.75, 3.05) is 25.6 Å². The van der Waals surface area contributed by atoms with Gasteiger partial charge in [0.2, 0.25) is 5.75 Å². The van der Waals surface area contributed by atoms with E-state index in [2.05, 4.69) is 15.0 Å². The maximum atomic E-state index is 11.6. The van der Waals surface area contributed by atoms with Gasteiger partial charge in [-0.1, -0.05) is 6.07 Å². The summed E-state index contributed by atoms with van der Waals surface area (Å²) in [5.74, 6) is 0.758. The average Bonchev–Trinajstić information content (AvgIpc) is 2.45. The quantitative estimate of drug-likeness (QED) is 0.863. The monoisotopic (exact) mass is 260 g/mol. The number of anilines is 1. The molecule has 2 aromatic heterocycles. The minimum Gasteiger partial charge on any atom is -0.489 e. The fourth-order valence-corrected chi connectivity index (χ4v) is 1.77. The van der Waals surface area contributed by atoms with Gasteiger partial charge in [0.25, 0.3) is 5.56 Å². The predicted molar refractivity (Wildman–Crippen MR) is 72.6 cm³/mol. The molecule has 0 spiro atoms. The van der Waals surface area contributed by atoms with Gasteiger partial charge in [-0.3, -0.25) is 9.78 Å². The Labute approximate surface area is 111 Å². The highest BCUT2D eigenvalue weighted by atomic mass is 16.5. The summed E-state index contributed by atoms with van der Waals surface area (Å²) in [4.78, 5) is 24.4. The van der Waals surface area contributed by atoms with Crippen LogP contribution in [0.25, 0.3) is 0 Å². The lowest BCUT2D eigenvalue weighted by molar-refractivity contribution is 0.406. The van der Waals surface area contributed by atoms with Crippen LogP contribution >= 0.6 is 0 Å². The Morgan fingerprint density at radius 2 is 2.21 bits per heavy atom. The average molecular weight is 260 g/mol. The zero-order valence-electron chi connectivity index (χ0n) is 11.0. The first-order chi connectivity index (χ1) is 9.22. The smallest absolute Gasteiger partial charge is 0.295 e. The second-order valence-electron chi connectivity index (χ2n) is 4.08. The fourth-order valence-electron chi connectivity index (χ4n) is 1.77. The van der Waals surface area contributed by atoms with E-state index < -0.39 is 0 Å². The number of ether oxygens (including phenoxy) is 1. The first-order valence-corrected chi connectivity index (χ1v) is 5.95. The third-order valence-electron chi connectivity index (χ3n) is 2.79. The van der Waals surface area contributed by atoms with Crippen molar-refractivity contribution in [1.29, 1.82) is 0 Å².